The van der Waals surface area contributed by atoms with Crippen LogP contribution in [-0.2, 0) is 6.42 Å². The van der Waals surface area contributed by atoms with Crippen LogP contribution in [0.25, 0.3) is 0 Å². The first kappa shape index (κ1) is 9.72. The summed E-state index contributed by atoms with van der Waals surface area (Å²) in [5.41, 5.74) is 2.94. The van der Waals surface area contributed by atoms with Crippen LogP contribution < -0.4 is 5.32 Å². The molecule has 1 aliphatic rings. The molecule has 0 spiro atoms. The van der Waals surface area contributed by atoms with Crippen molar-refractivity contribution < 1.29 is 0 Å². The molecule has 1 saturated heterocycles. The van der Waals surface area contributed by atoms with E-state index in [-0.39, 0.29) is 0 Å². The van der Waals surface area contributed by atoms with Crippen LogP contribution in [0.1, 0.15) is 37.3 Å². The first-order chi connectivity index (χ1) is 6.81. The first-order valence-corrected chi connectivity index (χ1v) is 5.63. The van der Waals surface area contributed by atoms with Crippen molar-refractivity contribution >= 4 is 0 Å². The quantitative estimate of drug-likeness (QED) is 0.754. The molecule has 76 valence electrons. The summed E-state index contributed by atoms with van der Waals surface area (Å²) >= 11 is 0. The highest BCUT2D eigenvalue weighted by Gasteiger charge is 2.23. The van der Waals surface area contributed by atoms with E-state index >= 15 is 0 Å². The Hall–Kier alpha value is -0.820. The van der Waals surface area contributed by atoms with Gasteiger partial charge in [0.1, 0.15) is 0 Å². The Kier molecular flexibility index (Phi) is 2.87. The predicted molar refractivity (Wildman–Crippen MR) is 60.6 cm³/mol. The van der Waals surface area contributed by atoms with E-state index in [1.54, 1.807) is 0 Å². The van der Waals surface area contributed by atoms with Crippen LogP contribution >= 0.6 is 0 Å². The third kappa shape index (κ3) is 1.83. The lowest BCUT2D eigenvalue weighted by atomic mass is 9.92. The predicted octanol–water partition coefficient (Wildman–Crippen LogP) is 2.71. The van der Waals surface area contributed by atoms with Gasteiger partial charge in [0.2, 0.25) is 0 Å². The second kappa shape index (κ2) is 4.14. The highest BCUT2D eigenvalue weighted by molar-refractivity contribution is 5.27. The third-order valence-corrected chi connectivity index (χ3v) is 3.34. The highest BCUT2D eigenvalue weighted by Crippen LogP contribution is 2.27. The van der Waals surface area contributed by atoms with E-state index in [9.17, 15) is 0 Å². The normalized spacial score (nSPS) is 26.7. The van der Waals surface area contributed by atoms with Gasteiger partial charge in [-0.25, -0.2) is 0 Å². The molecule has 1 aromatic carbocycles. The zero-order chi connectivity index (χ0) is 9.97. The minimum Gasteiger partial charge on any atom is -0.314 e. The average molecular weight is 189 g/mol. The third-order valence-electron chi connectivity index (χ3n) is 3.34. The SMILES string of the molecule is CCc1ccc(C2CCNC2C)cc1. The Bertz CT molecular complexity index is 289. The standard InChI is InChI=1S/C13H19N/c1-3-11-4-6-12(7-5-11)13-8-9-14-10(13)2/h4-7,10,13-14H,3,8-9H2,1-2H3. The van der Waals surface area contributed by atoms with Crippen LogP contribution in [-0.4, -0.2) is 12.6 Å². The van der Waals surface area contributed by atoms with Crippen molar-refractivity contribution in [3.63, 3.8) is 0 Å². The highest BCUT2D eigenvalue weighted by atomic mass is 14.9. The first-order valence-electron chi connectivity index (χ1n) is 5.63. The molecule has 1 N–H and O–H groups in total. The Morgan fingerprint density at radius 3 is 2.50 bits per heavy atom. The smallest absolute Gasteiger partial charge is 0.0108 e. The number of aryl methyl sites for hydroxylation is 1. The lowest BCUT2D eigenvalue weighted by molar-refractivity contribution is 0.594. The second-order valence-electron chi connectivity index (χ2n) is 4.23. The van der Waals surface area contributed by atoms with Gasteiger partial charge in [-0.15, -0.1) is 0 Å². The van der Waals surface area contributed by atoms with E-state index in [0.717, 1.165) is 12.3 Å². The summed E-state index contributed by atoms with van der Waals surface area (Å²) in [5.74, 6) is 0.723. The molecule has 1 nitrogen and oxygen atoms in total. The van der Waals surface area contributed by atoms with Crippen LogP contribution in [0.5, 0.6) is 0 Å². The molecule has 0 radical (unpaired) electrons. The maximum absolute atomic E-state index is 3.50. The minimum atomic E-state index is 0.641. The van der Waals surface area contributed by atoms with Crippen LogP contribution in [0.15, 0.2) is 24.3 Å². The summed E-state index contributed by atoms with van der Waals surface area (Å²) in [4.78, 5) is 0. The number of rotatable bonds is 2. The molecule has 0 saturated carbocycles. The van der Waals surface area contributed by atoms with Crippen molar-refractivity contribution in [2.75, 3.05) is 6.54 Å². The van der Waals surface area contributed by atoms with Gasteiger partial charge in [-0.2, -0.15) is 0 Å². The maximum Gasteiger partial charge on any atom is 0.0108 e. The summed E-state index contributed by atoms with van der Waals surface area (Å²) < 4.78 is 0. The van der Waals surface area contributed by atoms with Crippen molar-refractivity contribution in [2.24, 2.45) is 0 Å². The molecule has 0 aromatic heterocycles. The van der Waals surface area contributed by atoms with Gasteiger partial charge in [0.15, 0.2) is 0 Å². The molecule has 1 heteroatoms. The average Bonchev–Trinajstić information content (AvgIpc) is 2.65. The molecule has 2 atom stereocenters. The van der Waals surface area contributed by atoms with Crippen molar-refractivity contribution in [1.29, 1.82) is 0 Å². The van der Waals surface area contributed by atoms with Crippen molar-refractivity contribution in [3.05, 3.63) is 35.4 Å². The number of hydrogen-bond acceptors (Lipinski definition) is 1. The second-order valence-corrected chi connectivity index (χ2v) is 4.23. The maximum atomic E-state index is 3.50. The molecule has 0 bridgehead atoms. The molecule has 14 heavy (non-hydrogen) atoms. The molecular weight excluding hydrogens is 170 g/mol. The van der Waals surface area contributed by atoms with Gasteiger partial charge in [-0.3, -0.25) is 0 Å². The van der Waals surface area contributed by atoms with Gasteiger partial charge in [0, 0.05) is 12.0 Å². The lowest BCUT2D eigenvalue weighted by Gasteiger charge is -2.15. The molecule has 2 rings (SSSR count). The van der Waals surface area contributed by atoms with Gasteiger partial charge in [-0.1, -0.05) is 31.2 Å². The van der Waals surface area contributed by atoms with Crippen molar-refractivity contribution in [2.45, 2.75) is 38.6 Å². The van der Waals surface area contributed by atoms with E-state index < -0.39 is 0 Å². The molecule has 0 aliphatic carbocycles. The van der Waals surface area contributed by atoms with E-state index in [4.69, 9.17) is 0 Å². The Morgan fingerprint density at radius 2 is 2.00 bits per heavy atom. The Labute approximate surface area is 86.5 Å². The van der Waals surface area contributed by atoms with E-state index in [1.807, 2.05) is 0 Å². The monoisotopic (exact) mass is 189 g/mol. The molecule has 1 aromatic rings. The van der Waals surface area contributed by atoms with Gasteiger partial charge in [0.25, 0.3) is 0 Å². The van der Waals surface area contributed by atoms with Gasteiger partial charge >= 0.3 is 0 Å². The van der Waals surface area contributed by atoms with Gasteiger partial charge < -0.3 is 5.32 Å². The fourth-order valence-corrected chi connectivity index (χ4v) is 2.31. The minimum absolute atomic E-state index is 0.641. The Morgan fingerprint density at radius 1 is 1.29 bits per heavy atom. The summed E-state index contributed by atoms with van der Waals surface area (Å²) in [7, 11) is 0. The molecule has 0 amide bonds. The fraction of sp³-hybridized carbons (Fsp3) is 0.538. The van der Waals surface area contributed by atoms with E-state index in [2.05, 4.69) is 43.4 Å². The number of benzene rings is 1. The molecule has 1 fully saturated rings. The van der Waals surface area contributed by atoms with Gasteiger partial charge in [-0.05, 0) is 37.4 Å². The lowest BCUT2D eigenvalue weighted by Crippen LogP contribution is -2.21. The molecule has 1 aliphatic heterocycles. The van der Waals surface area contributed by atoms with Crippen LogP contribution in [0.3, 0.4) is 0 Å². The van der Waals surface area contributed by atoms with E-state index in [0.29, 0.717) is 6.04 Å². The fourth-order valence-electron chi connectivity index (χ4n) is 2.31. The van der Waals surface area contributed by atoms with Gasteiger partial charge in [0.05, 0.1) is 0 Å². The van der Waals surface area contributed by atoms with Crippen LogP contribution in [0, 0.1) is 0 Å². The number of nitrogens with one attached hydrogen (secondary N) is 1. The van der Waals surface area contributed by atoms with Crippen molar-refractivity contribution in [1.82, 2.24) is 5.32 Å². The Balaban J connectivity index is 2.16. The largest absolute Gasteiger partial charge is 0.314 e. The topological polar surface area (TPSA) is 12.0 Å². The van der Waals surface area contributed by atoms with Crippen LogP contribution in [0.4, 0.5) is 0 Å². The van der Waals surface area contributed by atoms with Crippen molar-refractivity contribution in [3.8, 4) is 0 Å². The zero-order valence-electron chi connectivity index (χ0n) is 9.09. The molecule has 2 unspecified atom stereocenters. The zero-order valence-corrected chi connectivity index (χ0v) is 9.09. The van der Waals surface area contributed by atoms with Crippen LogP contribution in [0.2, 0.25) is 0 Å². The summed E-state index contributed by atoms with van der Waals surface area (Å²) in [6, 6.07) is 9.77. The molecular formula is C13H19N. The van der Waals surface area contributed by atoms with E-state index in [1.165, 1.54) is 24.1 Å². The molecule has 1 heterocycles. The summed E-state index contributed by atoms with van der Waals surface area (Å²) in [5, 5.41) is 3.50. The number of hydrogen-bond donors (Lipinski definition) is 1. The summed E-state index contributed by atoms with van der Waals surface area (Å²) in [6.45, 7) is 5.65. The summed E-state index contributed by atoms with van der Waals surface area (Å²) in [6.07, 6.45) is 2.42.